The zero-order chi connectivity index (χ0) is 12.3. The highest BCUT2D eigenvalue weighted by Gasteiger charge is 2.09. The Morgan fingerprint density at radius 2 is 1.88 bits per heavy atom. The number of aliphatic hydroxyl groups excluding tert-OH is 1. The molecule has 2 rings (SSSR count). The van der Waals surface area contributed by atoms with Gasteiger partial charge in [-0.1, -0.05) is 25.1 Å². The lowest BCUT2D eigenvalue weighted by atomic mass is 10.0. The van der Waals surface area contributed by atoms with Gasteiger partial charge in [0.25, 0.3) is 0 Å². The molecule has 0 radical (unpaired) electrons. The van der Waals surface area contributed by atoms with Crippen molar-refractivity contribution in [3.8, 4) is 17.0 Å². The van der Waals surface area contributed by atoms with E-state index in [-0.39, 0.29) is 6.61 Å². The van der Waals surface area contributed by atoms with Crippen molar-refractivity contribution in [3.05, 3.63) is 47.7 Å². The van der Waals surface area contributed by atoms with Crippen LogP contribution in [0.15, 0.2) is 36.4 Å². The second-order valence-electron chi connectivity index (χ2n) is 3.83. The smallest absolute Gasteiger partial charge is 0.119 e. The van der Waals surface area contributed by atoms with Gasteiger partial charge < -0.3 is 10.2 Å². The number of nitrogens with zero attached hydrogens (tertiary/aromatic N) is 1. The maximum absolute atomic E-state index is 9.80. The van der Waals surface area contributed by atoms with E-state index in [0.29, 0.717) is 11.4 Å². The highest BCUT2D eigenvalue weighted by Crippen LogP contribution is 2.29. The first kappa shape index (κ1) is 11.6. The summed E-state index contributed by atoms with van der Waals surface area (Å²) in [4.78, 5) is 4.35. The van der Waals surface area contributed by atoms with E-state index in [1.54, 1.807) is 18.2 Å². The van der Waals surface area contributed by atoms with E-state index in [1.165, 1.54) is 0 Å². The topological polar surface area (TPSA) is 53.4 Å². The molecule has 3 heteroatoms. The third-order valence-electron chi connectivity index (χ3n) is 2.75. The molecular weight excluding hydrogens is 214 g/mol. The molecule has 0 unspecified atom stereocenters. The molecule has 2 N–H and O–H groups in total. The Kier molecular flexibility index (Phi) is 3.40. The predicted octanol–water partition coefficient (Wildman–Crippen LogP) is 2.51. The Hall–Kier alpha value is -1.87. The number of hydrogen-bond acceptors (Lipinski definition) is 3. The highest BCUT2D eigenvalue weighted by atomic mass is 16.3. The largest absolute Gasteiger partial charge is 0.508 e. The molecule has 1 heterocycles. The van der Waals surface area contributed by atoms with E-state index in [9.17, 15) is 5.11 Å². The van der Waals surface area contributed by atoms with Gasteiger partial charge in [-0.15, -0.1) is 0 Å². The third kappa shape index (κ3) is 2.29. The van der Waals surface area contributed by atoms with Crippen molar-refractivity contribution in [2.45, 2.75) is 20.0 Å². The fourth-order valence-corrected chi connectivity index (χ4v) is 1.90. The molecule has 0 aliphatic carbocycles. The minimum absolute atomic E-state index is 0.0753. The van der Waals surface area contributed by atoms with Gasteiger partial charge in [-0.05, 0) is 24.6 Å². The molecule has 0 atom stereocenters. The zero-order valence-corrected chi connectivity index (χ0v) is 9.72. The average molecular weight is 229 g/mol. The second kappa shape index (κ2) is 4.97. The first-order valence-electron chi connectivity index (χ1n) is 5.64. The fourth-order valence-electron chi connectivity index (χ4n) is 1.90. The molecule has 0 saturated heterocycles. The molecule has 0 bridgehead atoms. The average Bonchev–Trinajstić information content (AvgIpc) is 2.38. The molecule has 0 amide bonds. The van der Waals surface area contributed by atoms with E-state index in [2.05, 4.69) is 4.98 Å². The molecule has 0 spiro atoms. The van der Waals surface area contributed by atoms with Gasteiger partial charge in [0.05, 0.1) is 18.0 Å². The Morgan fingerprint density at radius 1 is 1.12 bits per heavy atom. The lowest BCUT2D eigenvalue weighted by molar-refractivity contribution is 0.277. The molecule has 0 aliphatic heterocycles. The Balaban J connectivity index is 2.55. The number of aliphatic hydroxyl groups is 1. The van der Waals surface area contributed by atoms with Crippen molar-refractivity contribution < 1.29 is 10.2 Å². The summed E-state index contributed by atoms with van der Waals surface area (Å²) in [6.07, 6.45) is 0.743. The number of hydrogen-bond donors (Lipinski definition) is 2. The van der Waals surface area contributed by atoms with Gasteiger partial charge in [0.15, 0.2) is 0 Å². The van der Waals surface area contributed by atoms with Crippen molar-refractivity contribution >= 4 is 0 Å². The molecule has 3 nitrogen and oxygen atoms in total. The Bertz CT molecular complexity index is 523. The van der Waals surface area contributed by atoms with Crippen molar-refractivity contribution in [3.63, 3.8) is 0 Å². The highest BCUT2D eigenvalue weighted by molar-refractivity contribution is 5.66. The molecule has 1 aromatic carbocycles. The summed E-state index contributed by atoms with van der Waals surface area (Å²) in [6.45, 7) is 1.92. The monoisotopic (exact) mass is 229 g/mol. The van der Waals surface area contributed by atoms with Gasteiger partial charge in [0.1, 0.15) is 5.75 Å². The van der Waals surface area contributed by atoms with E-state index in [1.807, 2.05) is 25.1 Å². The van der Waals surface area contributed by atoms with Crippen LogP contribution >= 0.6 is 0 Å². The van der Waals surface area contributed by atoms with Crippen LogP contribution in [0, 0.1) is 0 Å². The van der Waals surface area contributed by atoms with Crippen LogP contribution in [-0.4, -0.2) is 15.2 Å². The van der Waals surface area contributed by atoms with Crippen molar-refractivity contribution in [2.75, 3.05) is 0 Å². The lowest BCUT2D eigenvalue weighted by Crippen LogP contribution is -1.94. The normalized spacial score (nSPS) is 10.5. The SMILES string of the molecule is CCc1c(O)cccc1-c1cccc(CO)n1. The quantitative estimate of drug-likeness (QED) is 0.850. The van der Waals surface area contributed by atoms with Gasteiger partial charge in [0, 0.05) is 11.1 Å². The molecule has 0 aliphatic rings. The Labute approximate surface area is 100 Å². The summed E-state index contributed by atoms with van der Waals surface area (Å²) < 4.78 is 0. The summed E-state index contributed by atoms with van der Waals surface area (Å²) in [7, 11) is 0. The van der Waals surface area contributed by atoms with Crippen molar-refractivity contribution in [1.82, 2.24) is 4.98 Å². The number of aromatic nitrogens is 1. The number of phenolic OH excluding ortho intramolecular Hbond substituents is 1. The molecular formula is C14H15NO2. The number of rotatable bonds is 3. The van der Waals surface area contributed by atoms with Crippen LogP contribution in [0.25, 0.3) is 11.3 Å². The van der Waals surface area contributed by atoms with Crippen molar-refractivity contribution in [1.29, 1.82) is 0 Å². The van der Waals surface area contributed by atoms with Gasteiger partial charge in [0.2, 0.25) is 0 Å². The van der Waals surface area contributed by atoms with Crippen LogP contribution in [0.2, 0.25) is 0 Å². The van der Waals surface area contributed by atoms with Gasteiger partial charge in [-0.3, -0.25) is 4.98 Å². The zero-order valence-electron chi connectivity index (χ0n) is 9.72. The molecule has 2 aromatic rings. The standard InChI is InChI=1S/C14H15NO2/c1-2-11-12(6-4-8-14(11)17)13-7-3-5-10(9-16)15-13/h3-8,16-17H,2,9H2,1H3. The Morgan fingerprint density at radius 3 is 2.59 bits per heavy atom. The van der Waals surface area contributed by atoms with Gasteiger partial charge in [-0.25, -0.2) is 0 Å². The van der Waals surface area contributed by atoms with Crippen LogP contribution in [0.5, 0.6) is 5.75 Å². The number of phenols is 1. The van der Waals surface area contributed by atoms with Gasteiger partial charge >= 0.3 is 0 Å². The van der Waals surface area contributed by atoms with Crippen LogP contribution in [0.4, 0.5) is 0 Å². The maximum Gasteiger partial charge on any atom is 0.119 e. The molecule has 1 aromatic heterocycles. The number of pyridine rings is 1. The third-order valence-corrected chi connectivity index (χ3v) is 2.75. The molecule has 0 fully saturated rings. The number of aromatic hydroxyl groups is 1. The summed E-state index contributed by atoms with van der Waals surface area (Å²) >= 11 is 0. The van der Waals surface area contributed by atoms with E-state index in [4.69, 9.17) is 5.11 Å². The maximum atomic E-state index is 9.80. The minimum atomic E-state index is -0.0753. The minimum Gasteiger partial charge on any atom is -0.508 e. The predicted molar refractivity (Wildman–Crippen MR) is 66.6 cm³/mol. The lowest BCUT2D eigenvalue weighted by Gasteiger charge is -2.09. The summed E-state index contributed by atoms with van der Waals surface area (Å²) in [5.74, 6) is 0.293. The molecule has 17 heavy (non-hydrogen) atoms. The van der Waals surface area contributed by atoms with Crippen molar-refractivity contribution in [2.24, 2.45) is 0 Å². The summed E-state index contributed by atoms with van der Waals surface area (Å²) in [5.41, 5.74) is 3.22. The summed E-state index contributed by atoms with van der Waals surface area (Å²) in [6, 6.07) is 10.9. The van der Waals surface area contributed by atoms with Crippen LogP contribution in [0.3, 0.4) is 0 Å². The first-order valence-corrected chi connectivity index (χ1v) is 5.64. The number of benzene rings is 1. The van der Waals surface area contributed by atoms with Crippen LogP contribution < -0.4 is 0 Å². The summed E-state index contributed by atoms with van der Waals surface area (Å²) in [5, 5.41) is 18.9. The first-order chi connectivity index (χ1) is 8.26. The molecule has 88 valence electrons. The fraction of sp³-hybridized carbons (Fsp3) is 0.214. The van der Waals surface area contributed by atoms with E-state index in [0.717, 1.165) is 23.2 Å². The van der Waals surface area contributed by atoms with E-state index >= 15 is 0 Å². The van der Waals surface area contributed by atoms with E-state index < -0.39 is 0 Å². The van der Waals surface area contributed by atoms with Gasteiger partial charge in [-0.2, -0.15) is 0 Å². The van der Waals surface area contributed by atoms with Crippen LogP contribution in [-0.2, 0) is 13.0 Å². The second-order valence-corrected chi connectivity index (χ2v) is 3.83. The molecule has 0 saturated carbocycles. The van der Waals surface area contributed by atoms with Crippen LogP contribution in [0.1, 0.15) is 18.2 Å².